The molecule has 47 heavy (non-hydrogen) atoms. The number of allylic oxidation sites excluding steroid dienone is 1. The molecule has 4 aromatic carbocycles. The molecular formula is C42H40O5. The molecule has 4 aromatic rings. The van der Waals surface area contributed by atoms with Crippen molar-refractivity contribution in [2.24, 2.45) is 5.92 Å². The maximum Gasteiger partial charge on any atom is 0.344 e. The molecule has 5 heteroatoms. The molecule has 2 saturated carbocycles. The molecule has 0 amide bonds. The zero-order chi connectivity index (χ0) is 32.8. The van der Waals surface area contributed by atoms with E-state index in [4.69, 9.17) is 14.2 Å². The van der Waals surface area contributed by atoms with Crippen molar-refractivity contribution in [3.63, 3.8) is 0 Å². The third-order valence-corrected chi connectivity index (χ3v) is 10.6. The lowest BCUT2D eigenvalue weighted by Gasteiger charge is -2.29. The van der Waals surface area contributed by atoms with Gasteiger partial charge in [-0.15, -0.1) is 0 Å². The number of rotatable bonds is 7. The van der Waals surface area contributed by atoms with E-state index in [-0.39, 0.29) is 17.2 Å². The fourth-order valence-electron chi connectivity index (χ4n) is 7.56. The number of cyclic esters (lactones) is 1. The Hall–Kier alpha value is -4.64. The number of Topliss-reactive ketones (excluding diaryl/α,β-unsaturated/α-hetero) is 1. The predicted molar refractivity (Wildman–Crippen MR) is 183 cm³/mol. The Kier molecular flexibility index (Phi) is 6.77. The van der Waals surface area contributed by atoms with E-state index in [2.05, 4.69) is 71.9 Å². The maximum atomic E-state index is 12.8. The Morgan fingerprint density at radius 3 is 1.74 bits per heavy atom. The number of ketones is 1. The molecule has 0 bridgehead atoms. The number of hydrogen-bond donors (Lipinski definition) is 0. The molecule has 8 rings (SSSR count). The second-order valence-electron chi connectivity index (χ2n) is 14.6. The van der Waals surface area contributed by atoms with Crippen LogP contribution in [0.4, 0.5) is 0 Å². The molecule has 1 heterocycles. The summed E-state index contributed by atoms with van der Waals surface area (Å²) in [5.74, 6) is 4.81. The van der Waals surface area contributed by atoms with Crippen LogP contribution in [0.1, 0.15) is 117 Å². The van der Waals surface area contributed by atoms with Crippen molar-refractivity contribution in [2.45, 2.75) is 85.0 Å². The van der Waals surface area contributed by atoms with Crippen LogP contribution in [0.25, 0.3) is 5.76 Å². The van der Waals surface area contributed by atoms with Gasteiger partial charge in [-0.1, -0.05) is 44.2 Å². The van der Waals surface area contributed by atoms with Crippen molar-refractivity contribution in [3.8, 4) is 23.0 Å². The van der Waals surface area contributed by atoms with Gasteiger partial charge in [0.15, 0.2) is 5.78 Å². The third kappa shape index (κ3) is 5.17. The maximum absolute atomic E-state index is 12.8. The number of hydrogen-bond acceptors (Lipinski definition) is 5. The monoisotopic (exact) mass is 624 g/mol. The summed E-state index contributed by atoms with van der Waals surface area (Å²) >= 11 is 0. The minimum atomic E-state index is -0.286. The summed E-state index contributed by atoms with van der Waals surface area (Å²) in [6.45, 7) is 12.9. The van der Waals surface area contributed by atoms with Gasteiger partial charge < -0.3 is 14.2 Å². The van der Waals surface area contributed by atoms with Crippen LogP contribution >= 0.6 is 0 Å². The Labute approximate surface area is 276 Å². The van der Waals surface area contributed by atoms with Crippen LogP contribution in [0, 0.1) is 33.6 Å². The van der Waals surface area contributed by atoms with Gasteiger partial charge in [0.05, 0.1) is 5.56 Å². The zero-order valence-electron chi connectivity index (χ0n) is 28.0. The fourth-order valence-corrected chi connectivity index (χ4v) is 7.56. The summed E-state index contributed by atoms with van der Waals surface area (Å²) in [5.41, 5.74) is 11.0. The largest absolute Gasteiger partial charge is 0.457 e. The number of benzene rings is 4. The minimum Gasteiger partial charge on any atom is -0.457 e. The van der Waals surface area contributed by atoms with Gasteiger partial charge in [-0.3, -0.25) is 4.79 Å². The highest BCUT2D eigenvalue weighted by molar-refractivity contribution is 6.04. The van der Waals surface area contributed by atoms with E-state index in [1.54, 1.807) is 6.07 Å². The number of esters is 1. The lowest BCUT2D eigenvalue weighted by Crippen LogP contribution is -2.20. The highest BCUT2D eigenvalue weighted by Crippen LogP contribution is 2.50. The number of carbonyl (C=O) groups excluding carboxylic acids is 2. The predicted octanol–water partition coefficient (Wildman–Crippen LogP) is 10.6. The number of aryl methyl sites for hydroxylation is 4. The van der Waals surface area contributed by atoms with Crippen LogP contribution in [0.5, 0.6) is 23.0 Å². The SMILES string of the molecule is Cc1cc(C(C)(C)c2cc(C)c(Oc3ccc4c(c3)C(=O)CC4C3CC3)c(C)c2)cc(C)c1Oc1ccc2c(c1)C(=C1CC1)OC2=O. The topological polar surface area (TPSA) is 61.8 Å². The normalized spacial score (nSPS) is 18.3. The van der Waals surface area contributed by atoms with Crippen molar-refractivity contribution in [3.05, 3.63) is 122 Å². The lowest BCUT2D eigenvalue weighted by atomic mass is 9.76. The van der Waals surface area contributed by atoms with Gasteiger partial charge in [0, 0.05) is 23.0 Å². The molecule has 0 aromatic heterocycles. The van der Waals surface area contributed by atoms with Gasteiger partial charge in [0.2, 0.25) is 0 Å². The molecule has 3 aliphatic carbocycles. The van der Waals surface area contributed by atoms with E-state index >= 15 is 0 Å². The summed E-state index contributed by atoms with van der Waals surface area (Å²) < 4.78 is 18.5. The first kappa shape index (κ1) is 29.7. The van der Waals surface area contributed by atoms with Crippen LogP contribution in [0.2, 0.25) is 0 Å². The standard InChI is InChI=1S/C42H40O5/c1-22-15-28(16-23(2)38(22)45-30-11-13-32-34(26-7-8-26)21-37(43)35(32)19-30)42(5,6)29-17-24(3)39(25(4)18-29)46-31-12-14-33-36(20-31)40(27-9-10-27)47-41(33)44/h11-20,26,34H,7-10,21H2,1-6H3. The number of ether oxygens (including phenoxy) is 3. The van der Waals surface area contributed by atoms with Gasteiger partial charge in [0.1, 0.15) is 28.8 Å². The smallest absolute Gasteiger partial charge is 0.344 e. The first-order chi connectivity index (χ1) is 22.5. The molecule has 5 nitrogen and oxygen atoms in total. The second kappa shape index (κ2) is 10.7. The molecule has 4 aliphatic rings. The van der Waals surface area contributed by atoms with E-state index in [9.17, 15) is 9.59 Å². The summed E-state index contributed by atoms with van der Waals surface area (Å²) in [5, 5.41) is 0. The van der Waals surface area contributed by atoms with Crippen molar-refractivity contribution in [1.29, 1.82) is 0 Å². The average Bonchev–Trinajstić information content (AvgIpc) is 3.98. The fraction of sp³-hybridized carbons (Fsp3) is 0.333. The van der Waals surface area contributed by atoms with Crippen molar-refractivity contribution < 1.29 is 23.8 Å². The molecule has 0 saturated heterocycles. The molecule has 1 atom stereocenters. The third-order valence-electron chi connectivity index (χ3n) is 10.6. The molecular weight excluding hydrogens is 584 g/mol. The summed E-state index contributed by atoms with van der Waals surface area (Å²) in [6.07, 6.45) is 5.08. The Morgan fingerprint density at radius 1 is 0.681 bits per heavy atom. The Morgan fingerprint density at radius 2 is 1.21 bits per heavy atom. The molecule has 1 unspecified atom stereocenters. The molecule has 0 radical (unpaired) electrons. The van der Waals surface area contributed by atoms with E-state index in [0.717, 1.165) is 63.5 Å². The van der Waals surface area contributed by atoms with Gasteiger partial charge in [-0.25, -0.2) is 4.79 Å². The van der Waals surface area contributed by atoms with Crippen molar-refractivity contribution >= 4 is 17.5 Å². The first-order valence-electron chi connectivity index (χ1n) is 16.8. The summed E-state index contributed by atoms with van der Waals surface area (Å²) in [6, 6.07) is 20.5. The van der Waals surface area contributed by atoms with Crippen molar-refractivity contribution in [2.75, 3.05) is 0 Å². The van der Waals surface area contributed by atoms with Gasteiger partial charge in [-0.05, 0) is 140 Å². The van der Waals surface area contributed by atoms with Gasteiger partial charge in [-0.2, -0.15) is 0 Å². The van der Waals surface area contributed by atoms with E-state index in [0.29, 0.717) is 35.3 Å². The highest BCUT2D eigenvalue weighted by atomic mass is 16.5. The molecule has 0 spiro atoms. The van der Waals surface area contributed by atoms with Gasteiger partial charge >= 0.3 is 5.97 Å². The Bertz CT molecular complexity index is 2010. The van der Waals surface area contributed by atoms with Crippen LogP contribution in [0.3, 0.4) is 0 Å². The zero-order valence-corrected chi connectivity index (χ0v) is 28.0. The van der Waals surface area contributed by atoms with Gasteiger partial charge in [0.25, 0.3) is 0 Å². The van der Waals surface area contributed by atoms with E-state index in [1.807, 2.05) is 24.3 Å². The number of fused-ring (bicyclic) bond motifs is 2. The van der Waals surface area contributed by atoms with Crippen LogP contribution in [-0.2, 0) is 10.2 Å². The van der Waals surface area contributed by atoms with Crippen LogP contribution < -0.4 is 9.47 Å². The summed E-state index contributed by atoms with van der Waals surface area (Å²) in [4.78, 5) is 25.1. The van der Waals surface area contributed by atoms with E-state index in [1.165, 1.54) is 35.1 Å². The van der Waals surface area contributed by atoms with Crippen LogP contribution in [-0.4, -0.2) is 11.8 Å². The van der Waals surface area contributed by atoms with Crippen molar-refractivity contribution in [1.82, 2.24) is 0 Å². The Balaban J connectivity index is 1.04. The van der Waals surface area contributed by atoms with E-state index < -0.39 is 0 Å². The molecule has 238 valence electrons. The quantitative estimate of drug-likeness (QED) is 0.192. The molecule has 2 fully saturated rings. The summed E-state index contributed by atoms with van der Waals surface area (Å²) in [7, 11) is 0. The molecule has 1 aliphatic heterocycles. The van der Waals surface area contributed by atoms with Crippen LogP contribution in [0.15, 0.2) is 66.2 Å². The first-order valence-corrected chi connectivity index (χ1v) is 16.8. The average molecular weight is 625 g/mol. The minimum absolute atomic E-state index is 0.244. The number of carbonyl (C=O) groups is 2. The lowest BCUT2D eigenvalue weighted by molar-refractivity contribution is 0.0714. The second-order valence-corrected chi connectivity index (χ2v) is 14.6. The highest BCUT2D eigenvalue weighted by Gasteiger charge is 2.40. The molecule has 0 N–H and O–H groups in total.